The van der Waals surface area contributed by atoms with E-state index < -0.39 is 0 Å². The average molecular weight is 241 g/mol. The Morgan fingerprint density at radius 3 is 2.69 bits per heavy atom. The molecule has 2 aromatic heterocycles. The maximum absolute atomic E-state index is 12.2. The first-order chi connectivity index (χ1) is 7.56. The molecule has 0 N–H and O–H groups in total. The van der Waals surface area contributed by atoms with Crippen LogP contribution < -0.4 is 5.56 Å². The molecule has 0 spiro atoms. The number of rotatable bonds is 2. The van der Waals surface area contributed by atoms with E-state index in [0.29, 0.717) is 29.5 Å². The molecule has 0 aliphatic rings. The van der Waals surface area contributed by atoms with Gasteiger partial charge in [0.1, 0.15) is 5.82 Å². The Labute approximate surface area is 97.7 Å². The van der Waals surface area contributed by atoms with Crippen LogP contribution in [0, 0.1) is 13.8 Å². The summed E-state index contributed by atoms with van der Waals surface area (Å²) in [5.74, 6) is 1.63. The van der Waals surface area contributed by atoms with Crippen LogP contribution in [0.4, 0.5) is 0 Å². The van der Waals surface area contributed by atoms with Crippen molar-refractivity contribution in [1.82, 2.24) is 19.2 Å². The summed E-state index contributed by atoms with van der Waals surface area (Å²) in [6.07, 6.45) is 0.538. The van der Waals surface area contributed by atoms with E-state index in [1.54, 1.807) is 18.7 Å². The zero-order chi connectivity index (χ0) is 11.9. The lowest BCUT2D eigenvalue weighted by molar-refractivity contribution is 0.771. The Balaban J connectivity index is 2.87. The number of aromatic nitrogens is 4. The van der Waals surface area contributed by atoms with Crippen LogP contribution in [0.2, 0.25) is 0 Å². The van der Waals surface area contributed by atoms with Gasteiger partial charge in [0.2, 0.25) is 5.78 Å². The van der Waals surface area contributed by atoms with Crippen molar-refractivity contribution in [3.8, 4) is 0 Å². The highest BCUT2D eigenvalue weighted by atomic mass is 35.5. The standard InChI is InChI=1S/C10H13ClN4O/c1-6-8(4-5-11)9(16)15-7(2)13-14(3)10(15)12-6/h4-5H2,1-3H3. The predicted octanol–water partition coefficient (Wildman–Crippen LogP) is 0.826. The van der Waals surface area contributed by atoms with Gasteiger partial charge in [-0.1, -0.05) is 0 Å². The van der Waals surface area contributed by atoms with E-state index in [1.165, 1.54) is 4.40 Å². The zero-order valence-electron chi connectivity index (χ0n) is 9.49. The number of hydrogen-bond acceptors (Lipinski definition) is 3. The molecular formula is C10H13ClN4O. The van der Waals surface area contributed by atoms with Crippen molar-refractivity contribution in [1.29, 1.82) is 0 Å². The van der Waals surface area contributed by atoms with E-state index in [1.807, 2.05) is 6.92 Å². The molecule has 2 aromatic rings. The average Bonchev–Trinajstić information content (AvgIpc) is 2.49. The van der Waals surface area contributed by atoms with Crippen LogP contribution >= 0.6 is 11.6 Å². The van der Waals surface area contributed by atoms with Crippen LogP contribution in [0.1, 0.15) is 17.1 Å². The predicted molar refractivity (Wildman–Crippen MR) is 62.1 cm³/mol. The number of nitrogens with zero attached hydrogens (tertiary/aromatic N) is 4. The molecule has 0 atom stereocenters. The molecule has 0 aromatic carbocycles. The second kappa shape index (κ2) is 3.90. The van der Waals surface area contributed by atoms with Crippen LogP contribution in [0.3, 0.4) is 0 Å². The third-order valence-corrected chi connectivity index (χ3v) is 2.81. The summed E-state index contributed by atoms with van der Waals surface area (Å²) in [5, 5.41) is 4.18. The Morgan fingerprint density at radius 1 is 1.38 bits per heavy atom. The highest BCUT2D eigenvalue weighted by Crippen LogP contribution is 2.06. The van der Waals surface area contributed by atoms with E-state index in [2.05, 4.69) is 10.1 Å². The molecule has 2 rings (SSSR count). The Hall–Kier alpha value is -1.36. The van der Waals surface area contributed by atoms with Gasteiger partial charge in [-0.3, -0.25) is 4.79 Å². The third kappa shape index (κ3) is 1.51. The molecule has 2 heterocycles. The van der Waals surface area contributed by atoms with E-state index in [0.717, 1.165) is 5.69 Å². The molecule has 0 aliphatic heterocycles. The number of fused-ring (bicyclic) bond motifs is 1. The second-order valence-corrected chi connectivity index (χ2v) is 4.10. The quantitative estimate of drug-likeness (QED) is 0.731. The summed E-state index contributed by atoms with van der Waals surface area (Å²) in [7, 11) is 1.77. The molecule has 0 aliphatic carbocycles. The minimum Gasteiger partial charge on any atom is -0.268 e. The van der Waals surface area contributed by atoms with Gasteiger partial charge < -0.3 is 0 Å². The van der Waals surface area contributed by atoms with Gasteiger partial charge in [-0.15, -0.1) is 11.6 Å². The van der Waals surface area contributed by atoms with E-state index in [4.69, 9.17) is 11.6 Å². The fourth-order valence-corrected chi connectivity index (χ4v) is 2.03. The van der Waals surface area contributed by atoms with Crippen molar-refractivity contribution in [3.63, 3.8) is 0 Å². The molecule has 0 amide bonds. The molecule has 5 nitrogen and oxygen atoms in total. The minimum absolute atomic E-state index is 0.0613. The molecule has 0 radical (unpaired) electrons. The highest BCUT2D eigenvalue weighted by Gasteiger charge is 2.13. The van der Waals surface area contributed by atoms with Crippen LogP contribution in [0.15, 0.2) is 4.79 Å². The van der Waals surface area contributed by atoms with Crippen molar-refractivity contribution in [2.24, 2.45) is 7.05 Å². The largest absolute Gasteiger partial charge is 0.268 e. The van der Waals surface area contributed by atoms with Crippen LogP contribution in [-0.4, -0.2) is 25.0 Å². The summed E-state index contributed by atoms with van der Waals surface area (Å²) < 4.78 is 3.13. The number of alkyl halides is 1. The molecule has 16 heavy (non-hydrogen) atoms. The number of hydrogen-bond donors (Lipinski definition) is 0. The monoisotopic (exact) mass is 240 g/mol. The fourth-order valence-electron chi connectivity index (χ4n) is 1.85. The normalized spacial score (nSPS) is 11.2. The molecule has 0 unspecified atom stereocenters. The molecule has 6 heteroatoms. The smallest absolute Gasteiger partial charge is 0.264 e. The third-order valence-electron chi connectivity index (χ3n) is 2.62. The first-order valence-electron chi connectivity index (χ1n) is 5.04. The minimum atomic E-state index is -0.0613. The van der Waals surface area contributed by atoms with Gasteiger partial charge in [0.25, 0.3) is 5.56 Å². The van der Waals surface area contributed by atoms with Gasteiger partial charge >= 0.3 is 0 Å². The Bertz CT molecular complexity index is 599. The van der Waals surface area contributed by atoms with Crippen LogP contribution in [0.25, 0.3) is 5.78 Å². The highest BCUT2D eigenvalue weighted by molar-refractivity contribution is 6.17. The van der Waals surface area contributed by atoms with Gasteiger partial charge in [-0.25, -0.2) is 14.1 Å². The lowest BCUT2D eigenvalue weighted by Crippen LogP contribution is -2.22. The first kappa shape index (κ1) is 11.1. The molecule has 0 saturated carbocycles. The lowest BCUT2D eigenvalue weighted by atomic mass is 10.2. The van der Waals surface area contributed by atoms with Gasteiger partial charge in [0.05, 0.1) is 5.69 Å². The molecule has 0 saturated heterocycles. The topological polar surface area (TPSA) is 52.2 Å². The summed E-state index contributed by atoms with van der Waals surface area (Å²) >= 11 is 5.68. The fraction of sp³-hybridized carbons (Fsp3) is 0.500. The molecular weight excluding hydrogens is 228 g/mol. The van der Waals surface area contributed by atoms with Crippen molar-refractivity contribution in [2.75, 3.05) is 5.88 Å². The Kier molecular flexibility index (Phi) is 2.71. The second-order valence-electron chi connectivity index (χ2n) is 3.73. The van der Waals surface area contributed by atoms with Gasteiger partial charge in [-0.05, 0) is 20.3 Å². The van der Waals surface area contributed by atoms with Crippen molar-refractivity contribution >= 4 is 17.4 Å². The summed E-state index contributed by atoms with van der Waals surface area (Å²) in [5.41, 5.74) is 1.34. The van der Waals surface area contributed by atoms with E-state index in [9.17, 15) is 4.79 Å². The zero-order valence-corrected chi connectivity index (χ0v) is 10.2. The van der Waals surface area contributed by atoms with Crippen molar-refractivity contribution in [3.05, 3.63) is 27.4 Å². The molecule has 86 valence electrons. The van der Waals surface area contributed by atoms with Crippen LogP contribution in [0.5, 0.6) is 0 Å². The maximum atomic E-state index is 12.2. The van der Waals surface area contributed by atoms with E-state index >= 15 is 0 Å². The molecule has 0 fully saturated rings. The van der Waals surface area contributed by atoms with Crippen LogP contribution in [-0.2, 0) is 13.5 Å². The van der Waals surface area contributed by atoms with Gasteiger partial charge in [0.15, 0.2) is 0 Å². The van der Waals surface area contributed by atoms with Gasteiger partial charge in [0, 0.05) is 18.5 Å². The number of aryl methyl sites for hydroxylation is 3. The van der Waals surface area contributed by atoms with Crippen molar-refractivity contribution < 1.29 is 0 Å². The van der Waals surface area contributed by atoms with Gasteiger partial charge in [-0.2, -0.15) is 5.10 Å². The Morgan fingerprint density at radius 2 is 2.06 bits per heavy atom. The summed E-state index contributed by atoms with van der Waals surface area (Å²) in [4.78, 5) is 16.6. The summed E-state index contributed by atoms with van der Waals surface area (Å²) in [6, 6.07) is 0. The van der Waals surface area contributed by atoms with Crippen molar-refractivity contribution in [2.45, 2.75) is 20.3 Å². The lowest BCUT2D eigenvalue weighted by Gasteiger charge is -2.03. The SMILES string of the molecule is Cc1nc2n(C)nc(C)n2c(=O)c1CCCl. The number of halogens is 1. The maximum Gasteiger partial charge on any atom is 0.264 e. The first-order valence-corrected chi connectivity index (χ1v) is 5.57. The molecule has 0 bridgehead atoms. The summed E-state index contributed by atoms with van der Waals surface area (Å²) in [6.45, 7) is 3.61. The van der Waals surface area contributed by atoms with E-state index in [-0.39, 0.29) is 5.56 Å².